The van der Waals surface area contributed by atoms with Crippen molar-refractivity contribution in [2.24, 2.45) is 0 Å². The van der Waals surface area contributed by atoms with Crippen LogP contribution in [0.5, 0.6) is 5.75 Å². The molecule has 1 amide bonds. The van der Waals surface area contributed by atoms with E-state index in [1.807, 2.05) is 36.4 Å². The second kappa shape index (κ2) is 9.79. The number of H-pyrrole nitrogens is 2. The molecule has 1 aromatic heterocycles. The number of methoxy groups -OCH3 is 1. The number of para-hydroxylation sites is 3. The van der Waals surface area contributed by atoms with E-state index in [1.165, 1.54) is 13.2 Å². The van der Waals surface area contributed by atoms with E-state index in [9.17, 15) is 13.2 Å². The number of aromatic nitrogens is 2. The zero-order chi connectivity index (χ0) is 26.0. The van der Waals surface area contributed by atoms with Crippen LogP contribution in [0.1, 0.15) is 15.9 Å². The Morgan fingerprint density at radius 3 is 2.43 bits per heavy atom. The smallest absolute Gasteiger partial charge is 0.285 e. The summed E-state index contributed by atoms with van der Waals surface area (Å²) in [6.07, 6.45) is 0. The summed E-state index contributed by atoms with van der Waals surface area (Å²) < 4.78 is 35.4. The molecular formula is C28H24N4O4S. The van der Waals surface area contributed by atoms with Crippen molar-refractivity contribution in [2.45, 2.75) is 11.8 Å². The van der Waals surface area contributed by atoms with Gasteiger partial charge in [0, 0.05) is 11.3 Å². The number of carbonyl (C=O) groups excluding carboxylic acids is 1. The zero-order valence-electron chi connectivity index (χ0n) is 20.1. The maximum Gasteiger partial charge on any atom is 0.285 e. The molecule has 0 saturated carbocycles. The highest BCUT2D eigenvalue weighted by Gasteiger charge is 2.16. The average molecular weight is 513 g/mol. The molecule has 0 saturated heterocycles. The summed E-state index contributed by atoms with van der Waals surface area (Å²) in [5, 5.41) is 2.82. The number of benzene rings is 4. The molecular weight excluding hydrogens is 488 g/mol. The minimum absolute atomic E-state index is 0.0456. The Morgan fingerprint density at radius 1 is 0.946 bits per heavy atom. The van der Waals surface area contributed by atoms with Gasteiger partial charge in [0.2, 0.25) is 0 Å². The number of imidazole rings is 1. The predicted octanol–water partition coefficient (Wildman–Crippen LogP) is 5.61. The molecule has 1 heterocycles. The van der Waals surface area contributed by atoms with Gasteiger partial charge in [-0.25, -0.2) is 18.4 Å². The van der Waals surface area contributed by atoms with Crippen LogP contribution in [-0.2, 0) is 10.0 Å². The van der Waals surface area contributed by atoms with E-state index in [-0.39, 0.29) is 16.1 Å². The highest BCUT2D eigenvalue weighted by atomic mass is 32.2. The standard InChI is InChI=1S/C28H23N4O4S/c1-18-11-12-20(17-26(18)37(34,35)32-24-9-5-6-10-25(24)36-2)28(33)29-21-15-13-19(14-16-21)27-30-22-7-3-4-8-23(22)31-27/h3-17H,1-2H3,(H2,29,30,31,33)/q-1/p+1. The van der Waals surface area contributed by atoms with Gasteiger partial charge in [0.05, 0.1) is 17.6 Å². The molecule has 8 nitrogen and oxygen atoms in total. The lowest BCUT2D eigenvalue weighted by Gasteiger charge is -2.25. The number of aryl methyl sites for hydroxylation is 1. The van der Waals surface area contributed by atoms with Crippen molar-refractivity contribution < 1.29 is 22.9 Å². The maximum absolute atomic E-state index is 13.1. The number of aromatic amines is 2. The van der Waals surface area contributed by atoms with Crippen LogP contribution in [0.3, 0.4) is 0 Å². The van der Waals surface area contributed by atoms with Gasteiger partial charge >= 0.3 is 0 Å². The Balaban J connectivity index is 1.35. The van der Waals surface area contributed by atoms with Gasteiger partial charge < -0.3 is 14.8 Å². The van der Waals surface area contributed by atoms with E-state index in [2.05, 4.69) is 20.0 Å². The van der Waals surface area contributed by atoms with E-state index in [4.69, 9.17) is 4.74 Å². The third-order valence-electron chi connectivity index (χ3n) is 5.91. The summed E-state index contributed by atoms with van der Waals surface area (Å²) in [5.74, 6) is 0.760. The van der Waals surface area contributed by atoms with Crippen LogP contribution < -0.4 is 15.0 Å². The van der Waals surface area contributed by atoms with Crippen LogP contribution in [0.25, 0.3) is 27.1 Å². The lowest BCUT2D eigenvalue weighted by molar-refractivity contribution is -0.330. The first-order chi connectivity index (χ1) is 17.8. The third kappa shape index (κ3) is 5.03. The molecule has 0 atom stereocenters. The van der Waals surface area contributed by atoms with Crippen molar-refractivity contribution in [1.82, 2.24) is 4.98 Å². The molecule has 0 aliphatic carbocycles. The van der Waals surface area contributed by atoms with Gasteiger partial charge in [0.15, 0.2) is 11.0 Å². The van der Waals surface area contributed by atoms with Crippen molar-refractivity contribution in [3.05, 3.63) is 107 Å². The number of nitrogens with one attached hydrogen (secondary N) is 3. The number of nitrogens with zero attached hydrogens (tertiary/aromatic N) is 1. The Morgan fingerprint density at radius 2 is 1.68 bits per heavy atom. The van der Waals surface area contributed by atoms with Gasteiger partial charge in [-0.3, -0.25) is 4.79 Å². The zero-order valence-corrected chi connectivity index (χ0v) is 21.0. The quantitative estimate of drug-likeness (QED) is 0.295. The van der Waals surface area contributed by atoms with Crippen LogP contribution in [0.15, 0.2) is 95.9 Å². The number of ether oxygens (including phenoxy) is 1. The van der Waals surface area contributed by atoms with Crippen molar-refractivity contribution in [1.29, 1.82) is 0 Å². The van der Waals surface area contributed by atoms with Crippen LogP contribution in [0.4, 0.5) is 11.4 Å². The van der Waals surface area contributed by atoms with Crippen molar-refractivity contribution in [3.8, 4) is 17.1 Å². The number of anilines is 1. The molecule has 9 heteroatoms. The Bertz CT molecular complexity index is 1680. The summed E-state index contributed by atoms with van der Waals surface area (Å²) in [6, 6.07) is 26.3. The molecule has 0 aliphatic heterocycles. The second-order valence-corrected chi connectivity index (χ2v) is 9.99. The first-order valence-electron chi connectivity index (χ1n) is 11.5. The molecule has 5 rings (SSSR count). The highest BCUT2D eigenvalue weighted by Crippen LogP contribution is 2.36. The SMILES string of the molecule is COc1ccccc1[N-]S(=O)(=O)c1cc(C(=O)Nc2ccc(-c3[nH]c4ccccc4[nH+]3)cc2)ccc1C. The van der Waals surface area contributed by atoms with Crippen LogP contribution in [0, 0.1) is 6.92 Å². The lowest BCUT2D eigenvalue weighted by atomic mass is 10.1. The largest absolute Gasteiger partial charge is 0.570 e. The number of fused-ring (bicyclic) bond motifs is 1. The fourth-order valence-electron chi connectivity index (χ4n) is 3.97. The Hall–Kier alpha value is -4.63. The summed E-state index contributed by atoms with van der Waals surface area (Å²) in [7, 11) is -2.65. The number of carbonyl (C=O) groups is 1. The average Bonchev–Trinajstić information content (AvgIpc) is 3.34. The van der Waals surface area contributed by atoms with Gasteiger partial charge in [-0.1, -0.05) is 42.1 Å². The number of rotatable bonds is 7. The molecule has 5 aromatic rings. The summed E-state index contributed by atoms with van der Waals surface area (Å²) in [5.41, 5.74) is 4.37. The van der Waals surface area contributed by atoms with Gasteiger partial charge in [-0.15, -0.1) is 0 Å². The highest BCUT2D eigenvalue weighted by molar-refractivity contribution is 7.94. The molecule has 3 N–H and O–H groups in total. The summed E-state index contributed by atoms with van der Waals surface area (Å²) >= 11 is 0. The first kappa shape index (κ1) is 24.1. The second-order valence-electron chi connectivity index (χ2n) is 8.42. The fraction of sp³-hybridized carbons (Fsp3) is 0.0714. The van der Waals surface area contributed by atoms with E-state index in [1.54, 1.807) is 55.5 Å². The van der Waals surface area contributed by atoms with E-state index in [0.717, 1.165) is 22.4 Å². The van der Waals surface area contributed by atoms with Crippen molar-refractivity contribution >= 4 is 38.3 Å². The van der Waals surface area contributed by atoms with Crippen LogP contribution in [0.2, 0.25) is 0 Å². The Labute approximate surface area is 214 Å². The predicted molar refractivity (Wildman–Crippen MR) is 143 cm³/mol. The molecule has 0 bridgehead atoms. The number of hydrogen-bond donors (Lipinski definition) is 2. The summed E-state index contributed by atoms with van der Waals surface area (Å²) in [6.45, 7) is 1.66. The first-order valence-corrected chi connectivity index (χ1v) is 12.9. The normalized spacial score (nSPS) is 11.3. The molecule has 4 aromatic carbocycles. The molecule has 0 radical (unpaired) electrons. The molecule has 0 spiro atoms. The van der Waals surface area contributed by atoms with Crippen LogP contribution >= 0.6 is 0 Å². The molecule has 186 valence electrons. The fourth-order valence-corrected chi connectivity index (χ4v) is 5.23. The van der Waals surface area contributed by atoms with Gasteiger partial charge in [-0.2, -0.15) is 0 Å². The van der Waals surface area contributed by atoms with Crippen LogP contribution in [-0.4, -0.2) is 26.4 Å². The van der Waals surface area contributed by atoms with E-state index >= 15 is 0 Å². The van der Waals surface area contributed by atoms with Crippen molar-refractivity contribution in [2.75, 3.05) is 12.4 Å². The van der Waals surface area contributed by atoms with Crippen molar-refractivity contribution in [3.63, 3.8) is 0 Å². The minimum Gasteiger partial charge on any atom is -0.570 e. The van der Waals surface area contributed by atoms with E-state index in [0.29, 0.717) is 17.0 Å². The minimum atomic E-state index is -4.09. The topological polar surface area (TPSA) is 117 Å². The number of hydrogen-bond acceptors (Lipinski definition) is 4. The Kier molecular flexibility index (Phi) is 6.37. The summed E-state index contributed by atoms with van der Waals surface area (Å²) in [4.78, 5) is 19.6. The lowest BCUT2D eigenvalue weighted by Crippen LogP contribution is -2.13. The number of amides is 1. The molecule has 0 aliphatic rings. The molecule has 0 unspecified atom stereocenters. The van der Waals surface area contributed by atoms with Gasteiger partial charge in [-0.05, 0) is 67.1 Å². The number of sulfonamides is 1. The maximum atomic E-state index is 13.1. The van der Waals surface area contributed by atoms with Gasteiger partial charge in [0.1, 0.15) is 15.8 Å². The molecule has 37 heavy (non-hydrogen) atoms. The van der Waals surface area contributed by atoms with Gasteiger partial charge in [0.25, 0.3) is 11.7 Å². The third-order valence-corrected chi connectivity index (χ3v) is 7.34. The van der Waals surface area contributed by atoms with E-state index < -0.39 is 15.9 Å². The monoisotopic (exact) mass is 512 g/mol. The molecule has 0 fully saturated rings.